The molecule has 0 atom stereocenters. The Morgan fingerprint density at radius 3 is 2.74 bits per heavy atom. The highest BCUT2D eigenvalue weighted by atomic mass is 127. The molecule has 0 amide bonds. The second-order valence-electron chi connectivity index (χ2n) is 4.20. The molecule has 110 valence electrons. The highest BCUT2D eigenvalue weighted by Gasteiger charge is 2.04. The second-order valence-corrected chi connectivity index (χ2v) is 7.27. The van der Waals surface area contributed by atoms with Crippen LogP contribution in [0.2, 0.25) is 0 Å². The van der Waals surface area contributed by atoms with Crippen LogP contribution in [0.5, 0.6) is 0 Å². The van der Waals surface area contributed by atoms with E-state index in [1.807, 2.05) is 18.4 Å². The number of rotatable bonds is 6. The lowest BCUT2D eigenvalue weighted by molar-refractivity contribution is 0.465. The van der Waals surface area contributed by atoms with E-state index in [1.165, 1.54) is 20.6 Å². The molecule has 1 aromatic rings. The topological polar surface area (TPSA) is 27.6 Å². The van der Waals surface area contributed by atoms with Crippen molar-refractivity contribution in [2.45, 2.75) is 26.2 Å². The highest BCUT2D eigenvalue weighted by Crippen LogP contribution is 2.18. The second kappa shape index (κ2) is 11.1. The summed E-state index contributed by atoms with van der Waals surface area (Å²) in [7, 11) is 3.94. The number of guanidine groups is 1. The van der Waals surface area contributed by atoms with Gasteiger partial charge in [-0.15, -0.1) is 35.3 Å². The van der Waals surface area contributed by atoms with Crippen molar-refractivity contribution in [2.75, 3.05) is 27.2 Å². The molecule has 1 aromatic heterocycles. The summed E-state index contributed by atoms with van der Waals surface area (Å²) in [5, 5.41) is 3.42. The highest BCUT2D eigenvalue weighted by molar-refractivity contribution is 14.1. The van der Waals surface area contributed by atoms with E-state index in [2.05, 4.69) is 63.9 Å². The van der Waals surface area contributed by atoms with Crippen molar-refractivity contribution in [1.29, 1.82) is 0 Å². The Labute approximate surface area is 151 Å². The maximum Gasteiger partial charge on any atom is 0.193 e. The predicted molar refractivity (Wildman–Crippen MR) is 105 cm³/mol. The molecule has 0 aliphatic heterocycles. The third kappa shape index (κ3) is 7.69. The summed E-state index contributed by atoms with van der Waals surface area (Å²) in [4.78, 5) is 7.94. The largest absolute Gasteiger partial charge is 0.356 e. The number of aliphatic imine (C=N–C) groups is 1. The average Bonchev–Trinajstić information content (AvgIpc) is 2.77. The van der Waals surface area contributed by atoms with Crippen molar-refractivity contribution in [3.05, 3.63) is 19.9 Å². The lowest BCUT2D eigenvalue weighted by Gasteiger charge is -2.21. The third-order valence-corrected chi connectivity index (χ3v) is 4.66. The Morgan fingerprint density at radius 1 is 1.47 bits per heavy atom. The first kappa shape index (κ1) is 19.4. The van der Waals surface area contributed by atoms with Gasteiger partial charge in [-0.05, 0) is 47.6 Å². The van der Waals surface area contributed by atoms with Gasteiger partial charge in [0.1, 0.15) is 0 Å². The zero-order chi connectivity index (χ0) is 13.4. The molecule has 1 rings (SSSR count). The van der Waals surface area contributed by atoms with Crippen LogP contribution >= 0.6 is 57.9 Å². The van der Waals surface area contributed by atoms with E-state index in [1.54, 1.807) is 0 Å². The maximum absolute atomic E-state index is 4.31. The molecule has 0 saturated carbocycles. The van der Waals surface area contributed by atoms with E-state index in [9.17, 15) is 0 Å². The van der Waals surface area contributed by atoms with Gasteiger partial charge < -0.3 is 10.2 Å². The van der Waals surface area contributed by atoms with Gasteiger partial charge in [0.05, 0.1) is 2.88 Å². The molecule has 0 aliphatic carbocycles. The van der Waals surface area contributed by atoms with Gasteiger partial charge in [-0.1, -0.05) is 13.3 Å². The fourth-order valence-corrected chi connectivity index (χ4v) is 3.42. The van der Waals surface area contributed by atoms with Gasteiger partial charge >= 0.3 is 0 Å². The maximum atomic E-state index is 4.31. The van der Waals surface area contributed by atoms with Crippen molar-refractivity contribution < 1.29 is 0 Å². The summed E-state index contributed by atoms with van der Waals surface area (Å²) in [5.74, 6) is 0.995. The third-order valence-electron chi connectivity index (χ3n) is 2.70. The van der Waals surface area contributed by atoms with Gasteiger partial charge in [-0.2, -0.15) is 0 Å². The van der Waals surface area contributed by atoms with E-state index in [0.717, 1.165) is 25.5 Å². The van der Waals surface area contributed by atoms with Gasteiger partial charge in [0, 0.05) is 32.1 Å². The smallest absolute Gasteiger partial charge is 0.193 e. The van der Waals surface area contributed by atoms with E-state index in [0.29, 0.717) is 0 Å². The number of halogens is 2. The Balaban J connectivity index is 0.00000324. The van der Waals surface area contributed by atoms with E-state index in [4.69, 9.17) is 0 Å². The minimum atomic E-state index is 0. The first-order valence-electron chi connectivity index (χ1n) is 6.33. The van der Waals surface area contributed by atoms with Crippen LogP contribution in [-0.2, 0) is 6.42 Å². The van der Waals surface area contributed by atoms with E-state index < -0.39 is 0 Å². The van der Waals surface area contributed by atoms with Crippen molar-refractivity contribution >= 4 is 63.9 Å². The molecule has 0 bridgehead atoms. The van der Waals surface area contributed by atoms with Crippen LogP contribution < -0.4 is 5.32 Å². The molecule has 0 aromatic carbocycles. The van der Waals surface area contributed by atoms with Crippen LogP contribution in [0.3, 0.4) is 0 Å². The molecule has 0 radical (unpaired) electrons. The monoisotopic (exact) mass is 507 g/mol. The number of nitrogens with zero attached hydrogens (tertiary/aromatic N) is 2. The number of thiophene rings is 1. The molecule has 0 aliphatic rings. The number of unbranched alkanes of at least 4 members (excludes halogenated alkanes) is 1. The lowest BCUT2D eigenvalue weighted by atomic mass is 10.3. The minimum absolute atomic E-state index is 0. The zero-order valence-electron chi connectivity index (χ0n) is 11.8. The predicted octanol–water partition coefficient (Wildman–Crippen LogP) is 3.82. The Morgan fingerprint density at radius 2 is 2.21 bits per heavy atom. The molecule has 0 fully saturated rings. The summed E-state index contributed by atoms with van der Waals surface area (Å²) in [6.45, 7) is 4.22. The summed E-state index contributed by atoms with van der Waals surface area (Å²) in [6.07, 6.45) is 3.49. The summed E-state index contributed by atoms with van der Waals surface area (Å²) < 4.78 is 1.35. The zero-order valence-corrected chi connectivity index (χ0v) is 17.1. The van der Waals surface area contributed by atoms with Crippen LogP contribution in [0.1, 0.15) is 24.6 Å². The quantitative estimate of drug-likeness (QED) is 0.361. The number of hydrogen-bond donors (Lipinski definition) is 1. The van der Waals surface area contributed by atoms with Gasteiger partial charge in [0.25, 0.3) is 0 Å². The molecular weight excluding hydrogens is 484 g/mol. The summed E-state index contributed by atoms with van der Waals surface area (Å²) >= 11 is 4.23. The fraction of sp³-hybridized carbons (Fsp3) is 0.615. The van der Waals surface area contributed by atoms with Crippen LogP contribution in [0.15, 0.2) is 17.1 Å². The van der Waals surface area contributed by atoms with Gasteiger partial charge in [-0.25, -0.2) is 0 Å². The molecule has 1 heterocycles. The summed E-state index contributed by atoms with van der Waals surface area (Å²) in [6, 6.07) is 4.38. The van der Waals surface area contributed by atoms with Gasteiger partial charge in [0.2, 0.25) is 0 Å². The molecular formula is C13H23I2N3S. The van der Waals surface area contributed by atoms with Crippen molar-refractivity contribution in [3.8, 4) is 0 Å². The average molecular weight is 507 g/mol. The van der Waals surface area contributed by atoms with Crippen molar-refractivity contribution in [2.24, 2.45) is 4.99 Å². The molecule has 6 heteroatoms. The number of hydrogen-bond acceptors (Lipinski definition) is 2. The first-order valence-corrected chi connectivity index (χ1v) is 8.23. The molecule has 19 heavy (non-hydrogen) atoms. The normalized spacial score (nSPS) is 11.1. The van der Waals surface area contributed by atoms with Gasteiger partial charge in [0.15, 0.2) is 5.96 Å². The van der Waals surface area contributed by atoms with Crippen LogP contribution in [0.4, 0.5) is 0 Å². The van der Waals surface area contributed by atoms with Crippen LogP contribution in [0, 0.1) is 2.88 Å². The van der Waals surface area contributed by atoms with Gasteiger partial charge in [-0.3, -0.25) is 4.99 Å². The number of nitrogens with one attached hydrogen (secondary N) is 1. The van der Waals surface area contributed by atoms with Crippen LogP contribution in [0.25, 0.3) is 0 Å². The van der Waals surface area contributed by atoms with E-state index in [-0.39, 0.29) is 24.0 Å². The van der Waals surface area contributed by atoms with E-state index >= 15 is 0 Å². The molecule has 0 saturated heterocycles. The first-order chi connectivity index (χ1) is 8.67. The fourth-order valence-electron chi connectivity index (χ4n) is 1.67. The molecule has 1 N–H and O–H groups in total. The van der Waals surface area contributed by atoms with Crippen LogP contribution in [-0.4, -0.2) is 38.0 Å². The minimum Gasteiger partial charge on any atom is -0.356 e. The summed E-state index contributed by atoms with van der Waals surface area (Å²) in [5.41, 5.74) is 0. The Bertz CT molecular complexity index is 380. The Hall–Kier alpha value is 0.430. The molecule has 0 spiro atoms. The Kier molecular flexibility index (Phi) is 11.4. The standard InChI is InChI=1S/C13H22IN3S.HI/c1-4-5-10-17(3)13(15-2)16-9-8-11-6-7-12(14)18-11;/h6-7H,4-5,8-10H2,1-3H3,(H,15,16);1H. The van der Waals surface area contributed by atoms with Crippen molar-refractivity contribution in [1.82, 2.24) is 10.2 Å². The van der Waals surface area contributed by atoms with Crippen molar-refractivity contribution in [3.63, 3.8) is 0 Å². The molecule has 0 unspecified atom stereocenters. The SMILES string of the molecule is CCCCN(C)C(=NC)NCCc1ccc(I)s1.I. The molecule has 3 nitrogen and oxygen atoms in total. The lowest BCUT2D eigenvalue weighted by Crippen LogP contribution is -2.40.